The summed E-state index contributed by atoms with van der Waals surface area (Å²) in [6.07, 6.45) is 0.753. The molecule has 0 radical (unpaired) electrons. The van der Waals surface area contributed by atoms with Gasteiger partial charge < -0.3 is 15.3 Å². The van der Waals surface area contributed by atoms with Crippen LogP contribution >= 0.6 is 0 Å². The number of aliphatic hydroxyl groups excluding tert-OH is 1. The van der Waals surface area contributed by atoms with Crippen molar-refractivity contribution >= 4 is 6.03 Å². The first-order chi connectivity index (χ1) is 6.19. The van der Waals surface area contributed by atoms with Crippen LogP contribution in [0.5, 0.6) is 0 Å². The molecule has 0 aliphatic carbocycles. The van der Waals surface area contributed by atoms with Gasteiger partial charge in [-0.05, 0) is 20.3 Å². The highest BCUT2D eigenvalue weighted by atomic mass is 16.3. The van der Waals surface area contributed by atoms with Crippen LogP contribution in [0.3, 0.4) is 0 Å². The van der Waals surface area contributed by atoms with Crippen LogP contribution in [0.2, 0.25) is 0 Å². The van der Waals surface area contributed by atoms with E-state index in [1.165, 1.54) is 0 Å². The maximum absolute atomic E-state index is 11.4. The molecule has 0 heterocycles. The Labute approximate surface area is 79.9 Å². The van der Waals surface area contributed by atoms with Crippen molar-refractivity contribution in [1.29, 1.82) is 0 Å². The Hall–Kier alpha value is -0.770. The fourth-order valence-corrected chi connectivity index (χ4v) is 1.05. The molecule has 0 aromatic heterocycles. The molecule has 0 saturated heterocycles. The molecule has 78 valence electrons. The van der Waals surface area contributed by atoms with Gasteiger partial charge in [0.2, 0.25) is 0 Å². The number of carbonyl (C=O) groups is 1. The second-order valence-electron chi connectivity index (χ2n) is 2.91. The Morgan fingerprint density at radius 2 is 1.92 bits per heavy atom. The first kappa shape index (κ1) is 12.2. The fourth-order valence-electron chi connectivity index (χ4n) is 1.05. The Morgan fingerprint density at radius 1 is 1.38 bits per heavy atom. The number of hydrogen-bond acceptors (Lipinski definition) is 2. The Balaban J connectivity index is 3.95. The first-order valence-corrected chi connectivity index (χ1v) is 4.85. The quantitative estimate of drug-likeness (QED) is 0.670. The van der Waals surface area contributed by atoms with Crippen LogP contribution in [0.1, 0.15) is 27.2 Å². The van der Waals surface area contributed by atoms with Gasteiger partial charge in [0.1, 0.15) is 0 Å². The van der Waals surface area contributed by atoms with Crippen molar-refractivity contribution in [3.8, 4) is 0 Å². The summed E-state index contributed by atoms with van der Waals surface area (Å²) in [5, 5.41) is 11.6. The minimum atomic E-state index is -0.118. The van der Waals surface area contributed by atoms with Gasteiger partial charge in [-0.25, -0.2) is 4.79 Å². The molecule has 4 heteroatoms. The Morgan fingerprint density at radius 3 is 2.23 bits per heavy atom. The van der Waals surface area contributed by atoms with Crippen LogP contribution in [-0.4, -0.2) is 41.8 Å². The average Bonchev–Trinajstić information content (AvgIpc) is 2.16. The molecule has 0 aromatic rings. The van der Waals surface area contributed by atoms with E-state index in [0.717, 1.165) is 6.42 Å². The number of urea groups is 1. The van der Waals surface area contributed by atoms with Crippen LogP contribution in [0.15, 0.2) is 0 Å². The van der Waals surface area contributed by atoms with E-state index >= 15 is 0 Å². The lowest BCUT2D eigenvalue weighted by Gasteiger charge is -2.22. The number of nitrogens with zero attached hydrogens (tertiary/aromatic N) is 1. The van der Waals surface area contributed by atoms with Crippen molar-refractivity contribution in [2.75, 3.05) is 19.7 Å². The van der Waals surface area contributed by atoms with Crippen molar-refractivity contribution in [3.63, 3.8) is 0 Å². The molecule has 0 aromatic carbocycles. The predicted octanol–water partition coefficient (Wildman–Crippen LogP) is 0.809. The van der Waals surface area contributed by atoms with Crippen LogP contribution in [0.4, 0.5) is 4.79 Å². The summed E-state index contributed by atoms with van der Waals surface area (Å²) in [6, 6.07) is -0.209. The number of nitrogens with one attached hydrogen (secondary N) is 1. The van der Waals surface area contributed by atoms with E-state index in [9.17, 15) is 4.79 Å². The first-order valence-electron chi connectivity index (χ1n) is 4.85. The molecule has 2 N–H and O–H groups in total. The lowest BCUT2D eigenvalue weighted by atomic mass is 10.2. The normalized spacial score (nSPS) is 12.3. The zero-order valence-corrected chi connectivity index (χ0v) is 8.71. The molecule has 0 rings (SSSR count). The van der Waals surface area contributed by atoms with Crippen molar-refractivity contribution in [2.24, 2.45) is 0 Å². The fraction of sp³-hybridized carbons (Fsp3) is 0.889. The molecule has 0 bridgehead atoms. The number of amides is 2. The third kappa shape index (κ3) is 4.12. The highest BCUT2D eigenvalue weighted by molar-refractivity contribution is 5.74. The molecule has 1 atom stereocenters. The standard InChI is InChI=1S/C9H20N2O2/c1-4-8(7-12)10-9(13)11(5-2)6-3/h8,12H,4-7H2,1-3H3,(H,10,13)/t8-/m0/s1. The molecule has 4 nitrogen and oxygen atoms in total. The van der Waals surface area contributed by atoms with Crippen molar-refractivity contribution < 1.29 is 9.90 Å². The minimum absolute atomic E-state index is 0.00348. The summed E-state index contributed by atoms with van der Waals surface area (Å²) in [4.78, 5) is 13.1. The zero-order chi connectivity index (χ0) is 10.3. The number of rotatable bonds is 5. The molecule has 0 unspecified atom stereocenters. The third-order valence-corrected chi connectivity index (χ3v) is 2.09. The van der Waals surface area contributed by atoms with Crippen molar-refractivity contribution in [3.05, 3.63) is 0 Å². The Kier molecular flexibility index (Phi) is 6.32. The minimum Gasteiger partial charge on any atom is -0.394 e. The lowest BCUT2D eigenvalue weighted by molar-refractivity contribution is 0.185. The van der Waals surface area contributed by atoms with Crippen molar-refractivity contribution in [2.45, 2.75) is 33.2 Å². The largest absolute Gasteiger partial charge is 0.394 e. The molecule has 0 spiro atoms. The summed E-state index contributed by atoms with van der Waals surface area (Å²) in [6.45, 7) is 7.20. The maximum Gasteiger partial charge on any atom is 0.317 e. The molecule has 2 amide bonds. The molecule has 0 saturated carbocycles. The van der Waals surface area contributed by atoms with Gasteiger partial charge in [-0.15, -0.1) is 0 Å². The smallest absolute Gasteiger partial charge is 0.317 e. The summed E-state index contributed by atoms with van der Waals surface area (Å²) in [5.74, 6) is 0. The van der Waals surface area contributed by atoms with Crippen LogP contribution in [0.25, 0.3) is 0 Å². The molecular weight excluding hydrogens is 168 g/mol. The van der Waals surface area contributed by atoms with E-state index in [2.05, 4.69) is 5.32 Å². The second-order valence-corrected chi connectivity index (χ2v) is 2.91. The lowest BCUT2D eigenvalue weighted by Crippen LogP contribution is -2.45. The highest BCUT2D eigenvalue weighted by Gasteiger charge is 2.12. The summed E-state index contributed by atoms with van der Waals surface area (Å²) in [5.41, 5.74) is 0. The Bertz CT molecular complexity index is 143. The monoisotopic (exact) mass is 188 g/mol. The van der Waals surface area contributed by atoms with E-state index in [1.54, 1.807) is 4.90 Å². The van der Waals surface area contributed by atoms with Crippen LogP contribution < -0.4 is 5.32 Å². The topological polar surface area (TPSA) is 52.6 Å². The van der Waals surface area contributed by atoms with Gasteiger partial charge in [0.05, 0.1) is 12.6 Å². The third-order valence-electron chi connectivity index (χ3n) is 2.09. The average molecular weight is 188 g/mol. The van der Waals surface area contributed by atoms with Crippen LogP contribution in [0, 0.1) is 0 Å². The molecule has 0 fully saturated rings. The highest BCUT2D eigenvalue weighted by Crippen LogP contribution is 1.93. The van der Waals surface area contributed by atoms with Gasteiger partial charge >= 0.3 is 6.03 Å². The van der Waals surface area contributed by atoms with Gasteiger partial charge in [-0.2, -0.15) is 0 Å². The summed E-state index contributed by atoms with van der Waals surface area (Å²) >= 11 is 0. The van der Waals surface area contributed by atoms with E-state index in [1.807, 2.05) is 20.8 Å². The molecule has 13 heavy (non-hydrogen) atoms. The number of aliphatic hydroxyl groups is 1. The van der Waals surface area contributed by atoms with Gasteiger partial charge in [0.25, 0.3) is 0 Å². The van der Waals surface area contributed by atoms with E-state index in [4.69, 9.17) is 5.11 Å². The van der Waals surface area contributed by atoms with E-state index in [-0.39, 0.29) is 18.7 Å². The zero-order valence-electron chi connectivity index (χ0n) is 8.71. The van der Waals surface area contributed by atoms with Gasteiger partial charge in [0, 0.05) is 13.1 Å². The van der Waals surface area contributed by atoms with E-state index in [0.29, 0.717) is 13.1 Å². The number of carbonyl (C=O) groups excluding carboxylic acids is 1. The van der Waals surface area contributed by atoms with Gasteiger partial charge in [-0.1, -0.05) is 6.92 Å². The van der Waals surface area contributed by atoms with Gasteiger partial charge in [-0.3, -0.25) is 0 Å². The molecule has 0 aliphatic heterocycles. The molecular formula is C9H20N2O2. The summed E-state index contributed by atoms with van der Waals surface area (Å²) < 4.78 is 0. The summed E-state index contributed by atoms with van der Waals surface area (Å²) in [7, 11) is 0. The van der Waals surface area contributed by atoms with E-state index < -0.39 is 0 Å². The van der Waals surface area contributed by atoms with Gasteiger partial charge in [0.15, 0.2) is 0 Å². The number of hydrogen-bond donors (Lipinski definition) is 2. The predicted molar refractivity (Wildman–Crippen MR) is 52.6 cm³/mol. The second kappa shape index (κ2) is 6.71. The van der Waals surface area contributed by atoms with Crippen molar-refractivity contribution in [1.82, 2.24) is 10.2 Å². The SMILES string of the molecule is CC[C@@H](CO)NC(=O)N(CC)CC. The van der Waals surface area contributed by atoms with Crippen LogP contribution in [-0.2, 0) is 0 Å². The maximum atomic E-state index is 11.4. The molecule has 0 aliphatic rings.